The van der Waals surface area contributed by atoms with Gasteiger partial charge in [0, 0.05) is 22.0 Å². The first-order chi connectivity index (χ1) is 10.1. The lowest BCUT2D eigenvalue weighted by Gasteiger charge is -2.08. The molecule has 0 aliphatic heterocycles. The Bertz CT molecular complexity index is 580. The molecule has 0 aromatic heterocycles. The molecule has 0 fully saturated rings. The summed E-state index contributed by atoms with van der Waals surface area (Å²) in [7, 11) is 0. The van der Waals surface area contributed by atoms with E-state index in [1.54, 1.807) is 24.1 Å². The zero-order valence-corrected chi connectivity index (χ0v) is 15.0. The number of hydrogen-bond donors (Lipinski definition) is 1. The Morgan fingerprint density at radius 3 is 2.52 bits per heavy atom. The summed E-state index contributed by atoms with van der Waals surface area (Å²) in [5, 5.41) is 1.05. The summed E-state index contributed by atoms with van der Waals surface area (Å²) in [6.07, 6.45) is 0.907. The molecule has 0 amide bonds. The van der Waals surface area contributed by atoms with Crippen LogP contribution in [0.5, 0.6) is 5.75 Å². The smallest absolute Gasteiger partial charge is 0.120 e. The van der Waals surface area contributed by atoms with E-state index in [4.69, 9.17) is 27.9 Å². The van der Waals surface area contributed by atoms with Gasteiger partial charge >= 0.3 is 0 Å². The van der Waals surface area contributed by atoms with Gasteiger partial charge in [0.25, 0.3) is 0 Å². The lowest BCUT2D eigenvalue weighted by Crippen LogP contribution is -2.09. The standard InChI is InChI=1S/C15H14BrCl2NOS/c16-11-2-5-13(6-3-11)21-19-8-1-9-20-12-4-7-14(17)15(18)10-12/h2-7,10,19H,1,8-9H2. The number of ether oxygens (including phenoxy) is 1. The molecule has 0 unspecified atom stereocenters. The van der Waals surface area contributed by atoms with Gasteiger partial charge in [-0.3, -0.25) is 4.72 Å². The first-order valence-electron chi connectivity index (χ1n) is 6.38. The van der Waals surface area contributed by atoms with Crippen molar-refractivity contribution in [1.82, 2.24) is 4.72 Å². The highest BCUT2D eigenvalue weighted by Gasteiger charge is 2.00. The third kappa shape index (κ3) is 6.09. The summed E-state index contributed by atoms with van der Waals surface area (Å²) >= 11 is 16.8. The Kier molecular flexibility index (Phi) is 7.20. The van der Waals surface area contributed by atoms with Crippen molar-refractivity contribution in [2.75, 3.05) is 13.2 Å². The van der Waals surface area contributed by atoms with Gasteiger partial charge in [0.2, 0.25) is 0 Å². The molecule has 2 rings (SSSR count). The zero-order valence-electron chi connectivity index (χ0n) is 11.1. The number of nitrogens with one attached hydrogen (secondary N) is 1. The topological polar surface area (TPSA) is 21.3 Å². The highest BCUT2D eigenvalue weighted by molar-refractivity contribution is 9.10. The second-order valence-electron chi connectivity index (χ2n) is 4.23. The molecule has 0 saturated carbocycles. The zero-order chi connectivity index (χ0) is 15.1. The van der Waals surface area contributed by atoms with Crippen molar-refractivity contribution in [1.29, 1.82) is 0 Å². The van der Waals surface area contributed by atoms with Crippen LogP contribution in [-0.4, -0.2) is 13.2 Å². The maximum atomic E-state index is 5.92. The van der Waals surface area contributed by atoms with Gasteiger partial charge in [0.15, 0.2) is 0 Å². The summed E-state index contributed by atoms with van der Waals surface area (Å²) < 4.78 is 10.00. The molecule has 0 aliphatic rings. The van der Waals surface area contributed by atoms with Gasteiger partial charge < -0.3 is 4.74 Å². The third-order valence-corrected chi connectivity index (χ3v) is 4.71. The molecule has 0 radical (unpaired) electrons. The van der Waals surface area contributed by atoms with Gasteiger partial charge in [-0.05, 0) is 54.8 Å². The Morgan fingerprint density at radius 2 is 1.81 bits per heavy atom. The van der Waals surface area contributed by atoms with Crippen LogP contribution in [-0.2, 0) is 0 Å². The number of benzene rings is 2. The molecule has 0 aliphatic carbocycles. The normalized spacial score (nSPS) is 10.6. The van der Waals surface area contributed by atoms with Crippen LogP contribution in [0.15, 0.2) is 51.8 Å². The predicted molar refractivity (Wildman–Crippen MR) is 94.6 cm³/mol. The van der Waals surface area contributed by atoms with Gasteiger partial charge in [-0.2, -0.15) is 0 Å². The molecule has 2 aromatic rings. The van der Waals surface area contributed by atoms with Gasteiger partial charge in [0.1, 0.15) is 5.75 Å². The Morgan fingerprint density at radius 1 is 1.05 bits per heavy atom. The molecular weight excluding hydrogens is 393 g/mol. The van der Waals surface area contributed by atoms with Crippen LogP contribution < -0.4 is 9.46 Å². The molecule has 6 heteroatoms. The van der Waals surface area contributed by atoms with Gasteiger partial charge in [0.05, 0.1) is 16.7 Å². The minimum absolute atomic E-state index is 0.512. The van der Waals surface area contributed by atoms with E-state index in [0.29, 0.717) is 16.7 Å². The maximum absolute atomic E-state index is 5.92. The number of rotatable bonds is 7. The van der Waals surface area contributed by atoms with E-state index in [9.17, 15) is 0 Å². The van der Waals surface area contributed by atoms with E-state index >= 15 is 0 Å². The molecule has 0 heterocycles. The van der Waals surface area contributed by atoms with E-state index in [1.165, 1.54) is 4.90 Å². The molecule has 112 valence electrons. The van der Waals surface area contributed by atoms with Crippen LogP contribution in [0, 0.1) is 0 Å². The van der Waals surface area contributed by atoms with Crippen molar-refractivity contribution in [3.8, 4) is 5.75 Å². The van der Waals surface area contributed by atoms with Gasteiger partial charge in [-0.15, -0.1) is 0 Å². The Balaban J connectivity index is 1.61. The minimum Gasteiger partial charge on any atom is -0.493 e. The summed E-state index contributed by atoms with van der Waals surface area (Å²) in [4.78, 5) is 1.18. The highest BCUT2D eigenvalue weighted by Crippen LogP contribution is 2.26. The third-order valence-electron chi connectivity index (χ3n) is 2.59. The molecule has 0 bridgehead atoms. The Hall–Kier alpha value is -0.390. The largest absolute Gasteiger partial charge is 0.493 e. The monoisotopic (exact) mass is 405 g/mol. The van der Waals surface area contributed by atoms with Crippen molar-refractivity contribution < 1.29 is 4.74 Å². The number of halogens is 3. The summed E-state index contributed by atoms with van der Waals surface area (Å²) in [5.41, 5.74) is 0. The molecule has 2 nitrogen and oxygen atoms in total. The summed E-state index contributed by atoms with van der Waals surface area (Å²) in [6, 6.07) is 13.5. The fourth-order valence-corrected chi connectivity index (χ4v) is 2.78. The van der Waals surface area contributed by atoms with Crippen LogP contribution in [0.3, 0.4) is 0 Å². The van der Waals surface area contributed by atoms with Gasteiger partial charge in [-0.1, -0.05) is 39.1 Å². The lowest BCUT2D eigenvalue weighted by molar-refractivity contribution is 0.312. The highest BCUT2D eigenvalue weighted by atomic mass is 79.9. The van der Waals surface area contributed by atoms with Crippen molar-refractivity contribution in [3.63, 3.8) is 0 Å². The second kappa shape index (κ2) is 8.91. The molecule has 2 aromatic carbocycles. The van der Waals surface area contributed by atoms with Crippen molar-refractivity contribution >= 4 is 51.1 Å². The van der Waals surface area contributed by atoms with E-state index in [-0.39, 0.29) is 0 Å². The maximum Gasteiger partial charge on any atom is 0.120 e. The van der Waals surface area contributed by atoms with E-state index < -0.39 is 0 Å². The van der Waals surface area contributed by atoms with Crippen molar-refractivity contribution in [2.24, 2.45) is 0 Å². The molecular formula is C15H14BrCl2NOS. The average Bonchev–Trinajstić information content (AvgIpc) is 2.48. The predicted octanol–water partition coefficient (Wildman–Crippen LogP) is 5.82. The lowest BCUT2D eigenvalue weighted by atomic mass is 10.3. The minimum atomic E-state index is 0.512. The molecule has 21 heavy (non-hydrogen) atoms. The van der Waals surface area contributed by atoms with E-state index in [2.05, 4.69) is 32.8 Å². The van der Waals surface area contributed by atoms with Crippen LogP contribution in [0.2, 0.25) is 10.0 Å². The quantitative estimate of drug-likeness (QED) is 0.462. The summed E-state index contributed by atoms with van der Waals surface area (Å²) in [5.74, 6) is 0.741. The first kappa shape index (κ1) is 17.0. The van der Waals surface area contributed by atoms with Crippen molar-refractivity contribution in [2.45, 2.75) is 11.3 Å². The van der Waals surface area contributed by atoms with Crippen LogP contribution in [0.1, 0.15) is 6.42 Å². The SMILES string of the molecule is Clc1ccc(OCCCNSc2ccc(Br)cc2)cc1Cl. The Labute approximate surface area is 147 Å². The van der Waals surface area contributed by atoms with Gasteiger partial charge in [-0.25, -0.2) is 0 Å². The van der Waals surface area contributed by atoms with Crippen LogP contribution in [0.25, 0.3) is 0 Å². The first-order valence-corrected chi connectivity index (χ1v) is 8.75. The fraction of sp³-hybridized carbons (Fsp3) is 0.200. The molecule has 0 spiro atoms. The van der Waals surface area contributed by atoms with Crippen LogP contribution >= 0.6 is 51.1 Å². The average molecular weight is 407 g/mol. The fourth-order valence-electron chi connectivity index (χ4n) is 1.54. The number of hydrogen-bond acceptors (Lipinski definition) is 3. The molecule has 1 N–H and O–H groups in total. The molecule has 0 atom stereocenters. The summed E-state index contributed by atoms with van der Waals surface area (Å²) in [6.45, 7) is 1.49. The van der Waals surface area contributed by atoms with Crippen molar-refractivity contribution in [3.05, 3.63) is 57.0 Å². The second-order valence-corrected chi connectivity index (χ2v) is 6.92. The van der Waals surface area contributed by atoms with E-state index in [0.717, 1.165) is 23.2 Å². The van der Waals surface area contributed by atoms with E-state index in [1.807, 2.05) is 18.2 Å². The van der Waals surface area contributed by atoms with Crippen LogP contribution in [0.4, 0.5) is 0 Å². The molecule has 0 saturated heterocycles.